The molecule has 0 aliphatic carbocycles. The van der Waals surface area contributed by atoms with Gasteiger partial charge >= 0.3 is 0 Å². The minimum atomic E-state index is -0.469. The highest BCUT2D eigenvalue weighted by atomic mass is 16.3. The van der Waals surface area contributed by atoms with Gasteiger partial charge in [-0.3, -0.25) is 4.98 Å². The van der Waals surface area contributed by atoms with Crippen molar-refractivity contribution in [1.82, 2.24) is 4.98 Å². The zero-order valence-electron chi connectivity index (χ0n) is 10.6. The van der Waals surface area contributed by atoms with Crippen molar-refractivity contribution in [1.29, 1.82) is 0 Å². The van der Waals surface area contributed by atoms with Crippen molar-refractivity contribution < 1.29 is 5.11 Å². The van der Waals surface area contributed by atoms with Crippen molar-refractivity contribution in [2.75, 3.05) is 0 Å². The number of pyridine rings is 1. The molecule has 0 aliphatic rings. The number of aliphatic hydroxyl groups excluding tert-OH is 1. The summed E-state index contributed by atoms with van der Waals surface area (Å²) in [6.07, 6.45) is 0.484. The lowest BCUT2D eigenvalue weighted by Gasteiger charge is -2.17. The molecule has 0 fully saturated rings. The van der Waals surface area contributed by atoms with Crippen LogP contribution in [-0.2, 0) is 0 Å². The number of aliphatic hydroxyl groups is 1. The van der Waals surface area contributed by atoms with E-state index in [2.05, 4.69) is 31.8 Å². The first kappa shape index (κ1) is 12.1. The first-order valence-electron chi connectivity index (χ1n) is 6.17. The summed E-state index contributed by atoms with van der Waals surface area (Å²) in [5.41, 5.74) is 2.92. The molecule has 0 saturated heterocycles. The Morgan fingerprint density at radius 2 is 2.00 bits per heavy atom. The predicted octanol–water partition coefficient (Wildman–Crippen LogP) is 3.62. The maximum Gasteiger partial charge on any atom is 0.0985 e. The zero-order chi connectivity index (χ0) is 12.4. The van der Waals surface area contributed by atoms with Crippen molar-refractivity contribution >= 4 is 10.9 Å². The fourth-order valence-electron chi connectivity index (χ4n) is 2.04. The summed E-state index contributed by atoms with van der Waals surface area (Å²) >= 11 is 0. The van der Waals surface area contributed by atoms with Crippen LogP contribution in [0.3, 0.4) is 0 Å². The summed E-state index contributed by atoms with van der Waals surface area (Å²) < 4.78 is 0. The molecule has 0 radical (unpaired) electrons. The van der Waals surface area contributed by atoms with E-state index in [9.17, 15) is 5.11 Å². The van der Waals surface area contributed by atoms with Crippen molar-refractivity contribution in [3.8, 4) is 0 Å². The molecular formula is C15H19NO. The highest BCUT2D eigenvalue weighted by Crippen LogP contribution is 2.26. The van der Waals surface area contributed by atoms with Crippen LogP contribution < -0.4 is 0 Å². The monoisotopic (exact) mass is 229 g/mol. The second-order valence-electron chi connectivity index (χ2n) is 4.71. The molecule has 1 N–H and O–H groups in total. The summed E-state index contributed by atoms with van der Waals surface area (Å²) in [6.45, 7) is 6.20. The Bertz CT molecular complexity index is 521. The first-order valence-corrected chi connectivity index (χ1v) is 6.17. The average Bonchev–Trinajstić information content (AvgIpc) is 2.37. The molecule has 1 heterocycles. The van der Waals surface area contributed by atoms with Crippen LogP contribution >= 0.6 is 0 Å². The van der Waals surface area contributed by atoms with E-state index in [0.29, 0.717) is 0 Å². The highest BCUT2D eigenvalue weighted by Gasteiger charge is 2.17. The van der Waals surface area contributed by atoms with E-state index in [0.717, 1.165) is 23.0 Å². The minimum Gasteiger partial charge on any atom is -0.387 e. The van der Waals surface area contributed by atoms with Gasteiger partial charge in [0, 0.05) is 5.39 Å². The number of nitrogens with zero attached hydrogens (tertiary/aromatic N) is 1. The lowest BCUT2D eigenvalue weighted by molar-refractivity contribution is 0.111. The highest BCUT2D eigenvalue weighted by molar-refractivity contribution is 5.82. The summed E-state index contributed by atoms with van der Waals surface area (Å²) in [5, 5.41) is 11.4. The zero-order valence-corrected chi connectivity index (χ0v) is 10.6. The third-order valence-corrected chi connectivity index (χ3v) is 3.43. The summed E-state index contributed by atoms with van der Waals surface area (Å²) in [4.78, 5) is 4.56. The van der Waals surface area contributed by atoms with Gasteiger partial charge in [-0.05, 0) is 30.5 Å². The Morgan fingerprint density at radius 1 is 1.29 bits per heavy atom. The number of para-hydroxylation sites is 1. The van der Waals surface area contributed by atoms with E-state index in [4.69, 9.17) is 0 Å². The molecular weight excluding hydrogens is 210 g/mol. The van der Waals surface area contributed by atoms with Gasteiger partial charge in [-0.1, -0.05) is 38.5 Å². The SMILES string of the molecule is CCC(C)C(O)c1cc(C)c2ccccc2n1. The molecule has 0 amide bonds. The van der Waals surface area contributed by atoms with Gasteiger partial charge in [-0.25, -0.2) is 0 Å². The molecule has 2 heteroatoms. The molecule has 0 saturated carbocycles. The number of aromatic nitrogens is 1. The topological polar surface area (TPSA) is 33.1 Å². The normalized spacial score (nSPS) is 14.8. The molecule has 17 heavy (non-hydrogen) atoms. The van der Waals surface area contributed by atoms with Gasteiger partial charge in [0.05, 0.1) is 17.3 Å². The number of hydrogen-bond donors (Lipinski definition) is 1. The lowest BCUT2D eigenvalue weighted by Crippen LogP contribution is -2.10. The first-order chi connectivity index (χ1) is 8.13. The lowest BCUT2D eigenvalue weighted by atomic mass is 9.97. The largest absolute Gasteiger partial charge is 0.387 e. The Morgan fingerprint density at radius 3 is 2.71 bits per heavy atom. The Kier molecular flexibility index (Phi) is 3.43. The molecule has 1 aromatic carbocycles. The van der Waals surface area contributed by atoms with E-state index in [-0.39, 0.29) is 5.92 Å². The molecule has 2 unspecified atom stereocenters. The van der Waals surface area contributed by atoms with E-state index in [1.807, 2.05) is 24.3 Å². The number of fused-ring (bicyclic) bond motifs is 1. The Labute approximate surface area is 102 Å². The maximum absolute atomic E-state index is 10.2. The van der Waals surface area contributed by atoms with Crippen LogP contribution in [-0.4, -0.2) is 10.1 Å². The minimum absolute atomic E-state index is 0.239. The van der Waals surface area contributed by atoms with Crippen LogP contribution in [0, 0.1) is 12.8 Å². The molecule has 1 aromatic heterocycles. The molecule has 2 atom stereocenters. The van der Waals surface area contributed by atoms with Crippen LogP contribution in [0.5, 0.6) is 0 Å². The molecule has 0 aliphatic heterocycles. The van der Waals surface area contributed by atoms with E-state index >= 15 is 0 Å². The summed E-state index contributed by atoms with van der Waals surface area (Å²) in [5.74, 6) is 0.239. The second-order valence-corrected chi connectivity index (χ2v) is 4.71. The van der Waals surface area contributed by atoms with Crippen molar-refractivity contribution in [2.24, 2.45) is 5.92 Å². The van der Waals surface area contributed by atoms with E-state index < -0.39 is 6.10 Å². The fraction of sp³-hybridized carbons (Fsp3) is 0.400. The average molecular weight is 229 g/mol. The molecule has 2 aromatic rings. The van der Waals surface area contributed by atoms with Crippen LogP contribution in [0.1, 0.15) is 37.6 Å². The number of rotatable bonds is 3. The third kappa shape index (κ3) is 2.32. The smallest absolute Gasteiger partial charge is 0.0985 e. The van der Waals surface area contributed by atoms with Gasteiger partial charge in [0.15, 0.2) is 0 Å². The molecule has 0 spiro atoms. The molecule has 2 rings (SSSR count). The van der Waals surface area contributed by atoms with Crippen molar-refractivity contribution in [2.45, 2.75) is 33.3 Å². The Balaban J connectivity index is 2.50. The standard InChI is InChI=1S/C15H19NO/c1-4-10(2)15(17)14-9-11(3)12-7-5-6-8-13(12)16-14/h5-10,15,17H,4H2,1-3H3. The fourth-order valence-corrected chi connectivity index (χ4v) is 2.04. The summed E-state index contributed by atoms with van der Waals surface area (Å²) in [6, 6.07) is 10.1. The van der Waals surface area contributed by atoms with Crippen molar-refractivity contribution in [3.05, 3.63) is 41.6 Å². The summed E-state index contributed by atoms with van der Waals surface area (Å²) in [7, 11) is 0. The number of hydrogen-bond acceptors (Lipinski definition) is 2. The van der Waals surface area contributed by atoms with Gasteiger partial charge in [0.2, 0.25) is 0 Å². The Hall–Kier alpha value is -1.41. The van der Waals surface area contributed by atoms with Crippen molar-refractivity contribution in [3.63, 3.8) is 0 Å². The van der Waals surface area contributed by atoms with Crippen LogP contribution in [0.15, 0.2) is 30.3 Å². The van der Waals surface area contributed by atoms with Crippen LogP contribution in [0.4, 0.5) is 0 Å². The maximum atomic E-state index is 10.2. The van der Waals surface area contributed by atoms with Gasteiger partial charge in [-0.15, -0.1) is 0 Å². The predicted molar refractivity (Wildman–Crippen MR) is 70.9 cm³/mol. The molecule has 2 nitrogen and oxygen atoms in total. The van der Waals surface area contributed by atoms with E-state index in [1.165, 1.54) is 5.56 Å². The third-order valence-electron chi connectivity index (χ3n) is 3.43. The van der Waals surface area contributed by atoms with E-state index in [1.54, 1.807) is 0 Å². The molecule has 0 bridgehead atoms. The number of benzene rings is 1. The number of aryl methyl sites for hydroxylation is 1. The van der Waals surface area contributed by atoms with Gasteiger partial charge in [0.25, 0.3) is 0 Å². The second kappa shape index (κ2) is 4.84. The van der Waals surface area contributed by atoms with Gasteiger partial charge in [-0.2, -0.15) is 0 Å². The quantitative estimate of drug-likeness (QED) is 0.872. The molecule has 90 valence electrons. The van der Waals surface area contributed by atoms with Gasteiger partial charge in [0.1, 0.15) is 0 Å². The van der Waals surface area contributed by atoms with Crippen LogP contribution in [0.2, 0.25) is 0 Å². The van der Waals surface area contributed by atoms with Gasteiger partial charge < -0.3 is 5.11 Å². The van der Waals surface area contributed by atoms with Crippen LogP contribution in [0.25, 0.3) is 10.9 Å².